The maximum atomic E-state index is 13.3. The number of fused-ring (bicyclic) bond motifs is 2. The molecule has 0 aliphatic carbocycles. The summed E-state index contributed by atoms with van der Waals surface area (Å²) < 4.78 is 5.72. The molecule has 0 radical (unpaired) electrons. The Morgan fingerprint density at radius 3 is 2.51 bits per heavy atom. The van der Waals surface area contributed by atoms with Crippen molar-refractivity contribution in [1.82, 2.24) is 30.1 Å². The minimum absolute atomic E-state index is 0.155. The van der Waals surface area contributed by atoms with E-state index in [1.54, 1.807) is 0 Å². The molecule has 3 fully saturated rings. The standard InChI is InChI=1S/C41H46N10O4/c1-26-35(22-43-40-38(26)42-13-19-55-40)50-14-12-29-21-44-41(46-34(29)25-50)45-30-6-2-27(3-7-30)20-37(53)49-17-15-48(16-18-49)32-23-51(24-32)31-8-4-28(5-9-31)33-10-11-36(52)47-39(33)54/h2-9,21-22,32-33,42H,10-20,23-25H2,1H3,(H,44,45,46)(H,47,52,54). The van der Waals surface area contributed by atoms with Gasteiger partial charge in [0.15, 0.2) is 0 Å². The molecule has 9 rings (SSSR count). The number of piperazine rings is 1. The van der Waals surface area contributed by atoms with E-state index in [0.29, 0.717) is 50.3 Å². The number of aromatic nitrogens is 3. The minimum Gasteiger partial charge on any atom is -0.474 e. The smallest absolute Gasteiger partial charge is 0.237 e. The van der Waals surface area contributed by atoms with E-state index in [1.165, 1.54) is 0 Å². The minimum atomic E-state index is -0.260. The van der Waals surface area contributed by atoms with Crippen LogP contribution in [0.3, 0.4) is 0 Å². The van der Waals surface area contributed by atoms with Gasteiger partial charge in [-0.2, -0.15) is 0 Å². The molecule has 0 bridgehead atoms. The quantitative estimate of drug-likeness (QED) is 0.228. The van der Waals surface area contributed by atoms with Crippen LogP contribution in [-0.2, 0) is 33.8 Å². The van der Waals surface area contributed by atoms with Gasteiger partial charge in [-0.1, -0.05) is 24.3 Å². The third kappa shape index (κ3) is 7.25. The molecule has 7 heterocycles. The molecule has 3 N–H and O–H groups in total. The molecular weight excluding hydrogens is 697 g/mol. The fourth-order valence-corrected chi connectivity index (χ4v) is 8.38. The average molecular weight is 743 g/mol. The van der Waals surface area contributed by atoms with Gasteiger partial charge in [0.1, 0.15) is 12.3 Å². The zero-order chi connectivity index (χ0) is 37.5. The molecule has 5 aliphatic heterocycles. The second-order valence-electron chi connectivity index (χ2n) is 15.1. The topological polar surface area (TPSA) is 148 Å². The number of piperidine rings is 1. The van der Waals surface area contributed by atoms with Gasteiger partial charge in [-0.25, -0.2) is 15.0 Å². The summed E-state index contributed by atoms with van der Waals surface area (Å²) in [5.74, 6) is 0.720. The van der Waals surface area contributed by atoms with Crippen LogP contribution in [0.5, 0.6) is 5.88 Å². The molecule has 1 atom stereocenters. The van der Waals surface area contributed by atoms with Crippen LogP contribution in [0.15, 0.2) is 60.9 Å². The van der Waals surface area contributed by atoms with Crippen molar-refractivity contribution in [1.29, 1.82) is 0 Å². The number of nitrogens with zero attached hydrogens (tertiary/aromatic N) is 7. The highest BCUT2D eigenvalue weighted by molar-refractivity contribution is 6.01. The molecular formula is C41H46N10O4. The van der Waals surface area contributed by atoms with Crippen molar-refractivity contribution in [3.63, 3.8) is 0 Å². The van der Waals surface area contributed by atoms with E-state index in [2.05, 4.69) is 59.7 Å². The number of imide groups is 1. The summed E-state index contributed by atoms with van der Waals surface area (Å²) in [6.45, 7) is 10.2. The number of nitrogens with one attached hydrogen (secondary N) is 3. The largest absolute Gasteiger partial charge is 0.474 e. The van der Waals surface area contributed by atoms with Crippen LogP contribution in [0.2, 0.25) is 0 Å². The summed E-state index contributed by atoms with van der Waals surface area (Å²) in [5, 5.41) is 9.24. The molecule has 55 heavy (non-hydrogen) atoms. The van der Waals surface area contributed by atoms with Gasteiger partial charge in [-0.05, 0) is 60.7 Å². The van der Waals surface area contributed by atoms with Gasteiger partial charge in [-0.15, -0.1) is 0 Å². The number of ether oxygens (including phenoxy) is 1. The Bertz CT molecular complexity index is 2100. The number of carbonyl (C=O) groups excluding carboxylic acids is 3. The number of hydrogen-bond acceptors (Lipinski definition) is 12. The summed E-state index contributed by atoms with van der Waals surface area (Å²) >= 11 is 0. The summed E-state index contributed by atoms with van der Waals surface area (Å²) in [6.07, 6.45) is 6.00. The second-order valence-corrected chi connectivity index (χ2v) is 15.1. The highest BCUT2D eigenvalue weighted by Crippen LogP contribution is 2.36. The van der Waals surface area contributed by atoms with Crippen molar-refractivity contribution >= 4 is 46.4 Å². The molecule has 14 heteroatoms. The molecule has 2 aromatic heterocycles. The van der Waals surface area contributed by atoms with Gasteiger partial charge in [0.05, 0.1) is 36.5 Å². The third-order valence-corrected chi connectivity index (χ3v) is 11.7. The van der Waals surface area contributed by atoms with Crippen molar-refractivity contribution in [2.75, 3.05) is 79.4 Å². The lowest BCUT2D eigenvalue weighted by Gasteiger charge is -2.49. The van der Waals surface area contributed by atoms with Crippen molar-refractivity contribution in [2.45, 2.75) is 51.1 Å². The highest BCUT2D eigenvalue weighted by atomic mass is 16.5. The maximum Gasteiger partial charge on any atom is 0.237 e. The van der Waals surface area contributed by atoms with E-state index < -0.39 is 0 Å². The molecule has 2 aromatic carbocycles. The Hall–Kier alpha value is -5.76. The Labute approximate surface area is 320 Å². The summed E-state index contributed by atoms with van der Waals surface area (Å²) in [5.41, 5.74) is 9.31. The molecule has 5 aliphatic rings. The molecule has 4 aromatic rings. The van der Waals surface area contributed by atoms with Gasteiger partial charge in [0, 0.05) is 88.0 Å². The van der Waals surface area contributed by atoms with Crippen LogP contribution in [0.1, 0.15) is 46.7 Å². The number of carbonyl (C=O) groups is 3. The highest BCUT2D eigenvalue weighted by Gasteiger charge is 2.35. The average Bonchev–Trinajstić information content (AvgIpc) is 3.19. The van der Waals surface area contributed by atoms with Gasteiger partial charge in [-0.3, -0.25) is 24.6 Å². The van der Waals surface area contributed by atoms with E-state index in [4.69, 9.17) is 9.72 Å². The Kier molecular flexibility index (Phi) is 9.42. The number of amides is 3. The zero-order valence-corrected chi connectivity index (χ0v) is 31.1. The summed E-state index contributed by atoms with van der Waals surface area (Å²) in [4.78, 5) is 60.2. The monoisotopic (exact) mass is 742 g/mol. The van der Waals surface area contributed by atoms with E-state index in [-0.39, 0.29) is 23.6 Å². The number of rotatable bonds is 8. The first-order valence-corrected chi connectivity index (χ1v) is 19.4. The van der Waals surface area contributed by atoms with E-state index >= 15 is 0 Å². The predicted molar refractivity (Wildman–Crippen MR) is 209 cm³/mol. The molecule has 3 amide bonds. The van der Waals surface area contributed by atoms with Crippen molar-refractivity contribution < 1.29 is 19.1 Å². The van der Waals surface area contributed by atoms with Crippen LogP contribution >= 0.6 is 0 Å². The lowest BCUT2D eigenvalue weighted by atomic mass is 9.90. The van der Waals surface area contributed by atoms with Crippen LogP contribution in [0.25, 0.3) is 0 Å². The van der Waals surface area contributed by atoms with Gasteiger partial charge in [0.2, 0.25) is 29.5 Å². The van der Waals surface area contributed by atoms with Crippen LogP contribution < -0.4 is 30.5 Å². The SMILES string of the molecule is Cc1c(N2CCc3cnc(Nc4ccc(CC(=O)N5CCN(C6CN(c7ccc(C8CCC(=O)NC8=O)cc7)C6)CC5)cc4)nc3C2)cnc2c1NCCO2. The summed E-state index contributed by atoms with van der Waals surface area (Å²) in [6, 6.07) is 16.6. The number of hydrogen-bond donors (Lipinski definition) is 3. The number of anilines is 5. The molecule has 0 saturated carbocycles. The molecule has 14 nitrogen and oxygen atoms in total. The lowest BCUT2D eigenvalue weighted by Crippen LogP contribution is -2.63. The van der Waals surface area contributed by atoms with E-state index in [9.17, 15) is 14.4 Å². The number of benzene rings is 2. The maximum absolute atomic E-state index is 13.3. The van der Waals surface area contributed by atoms with Crippen LogP contribution in [0, 0.1) is 6.92 Å². The van der Waals surface area contributed by atoms with Gasteiger partial charge < -0.3 is 30.1 Å². The van der Waals surface area contributed by atoms with E-state index in [0.717, 1.165) is 109 Å². The van der Waals surface area contributed by atoms with Gasteiger partial charge in [0.25, 0.3) is 0 Å². The first-order chi connectivity index (χ1) is 26.8. The van der Waals surface area contributed by atoms with Crippen LogP contribution in [-0.4, -0.2) is 107 Å². The predicted octanol–water partition coefficient (Wildman–Crippen LogP) is 3.39. The Morgan fingerprint density at radius 1 is 0.927 bits per heavy atom. The first-order valence-electron chi connectivity index (χ1n) is 19.4. The third-order valence-electron chi connectivity index (χ3n) is 11.7. The Balaban J connectivity index is 0.732. The van der Waals surface area contributed by atoms with Crippen LogP contribution in [0.4, 0.5) is 28.7 Å². The molecule has 3 saturated heterocycles. The fourth-order valence-electron chi connectivity index (χ4n) is 8.38. The molecule has 284 valence electrons. The van der Waals surface area contributed by atoms with Gasteiger partial charge >= 0.3 is 0 Å². The Morgan fingerprint density at radius 2 is 1.73 bits per heavy atom. The second kappa shape index (κ2) is 14.8. The van der Waals surface area contributed by atoms with Crippen molar-refractivity contribution in [3.8, 4) is 5.88 Å². The zero-order valence-electron chi connectivity index (χ0n) is 31.1. The fraction of sp³-hybridized carbons (Fsp3) is 0.415. The van der Waals surface area contributed by atoms with E-state index in [1.807, 2.05) is 53.7 Å². The van der Waals surface area contributed by atoms with Crippen molar-refractivity contribution in [3.05, 3.63) is 88.9 Å². The number of pyridine rings is 1. The molecule has 1 unspecified atom stereocenters. The normalized spacial score (nSPS) is 20.1. The summed E-state index contributed by atoms with van der Waals surface area (Å²) in [7, 11) is 0. The van der Waals surface area contributed by atoms with Crippen molar-refractivity contribution in [2.24, 2.45) is 0 Å². The molecule has 0 spiro atoms. The lowest BCUT2D eigenvalue weighted by molar-refractivity contribution is -0.134. The first kappa shape index (κ1) is 35.0.